The summed E-state index contributed by atoms with van der Waals surface area (Å²) in [6, 6.07) is 7.09. The lowest BCUT2D eigenvalue weighted by Crippen LogP contribution is -2.11. The van der Waals surface area contributed by atoms with Crippen LogP contribution in [0.25, 0.3) is 0 Å². The largest absolute Gasteiger partial charge is 0.496 e. The van der Waals surface area contributed by atoms with Crippen LogP contribution in [-0.4, -0.2) is 25.5 Å². The van der Waals surface area contributed by atoms with Crippen LogP contribution >= 0.6 is 0 Å². The van der Waals surface area contributed by atoms with Gasteiger partial charge in [0.1, 0.15) is 18.0 Å². The summed E-state index contributed by atoms with van der Waals surface area (Å²) >= 11 is 0. The molecule has 1 aromatic rings. The number of carbonyl (C=O) groups excluding carboxylic acids is 2. The smallest absolute Gasteiger partial charge is 0.313 e. The Kier molecular flexibility index (Phi) is 6.24. The Balaban J connectivity index is 2.63. The van der Waals surface area contributed by atoms with E-state index in [4.69, 9.17) is 14.7 Å². The maximum Gasteiger partial charge on any atom is 0.313 e. The number of benzene rings is 1. The minimum atomic E-state index is -0.504. The highest BCUT2D eigenvalue weighted by Crippen LogP contribution is 2.21. The van der Waals surface area contributed by atoms with Gasteiger partial charge in [-0.2, -0.15) is 5.26 Å². The normalized spacial score (nSPS) is 9.65. The summed E-state index contributed by atoms with van der Waals surface area (Å²) in [5.74, 6) is -0.0592. The van der Waals surface area contributed by atoms with Gasteiger partial charge in [-0.05, 0) is 37.1 Å². The first-order chi connectivity index (χ1) is 9.60. The molecule has 0 amide bonds. The fourth-order valence-corrected chi connectivity index (χ4v) is 1.78. The number of methoxy groups -OCH3 is 1. The highest BCUT2D eigenvalue weighted by Gasteiger charge is 2.12. The molecule has 0 aromatic heterocycles. The van der Waals surface area contributed by atoms with Crippen LogP contribution < -0.4 is 4.74 Å². The SMILES string of the molecule is CCOC(=O)CC(=O)CCc1cc(C#N)ccc1OC. The minimum Gasteiger partial charge on any atom is -0.496 e. The van der Waals surface area contributed by atoms with E-state index in [0.29, 0.717) is 17.7 Å². The van der Waals surface area contributed by atoms with Crippen molar-refractivity contribution >= 4 is 11.8 Å². The molecule has 5 heteroatoms. The van der Waals surface area contributed by atoms with Gasteiger partial charge in [0.25, 0.3) is 0 Å². The third-order valence-corrected chi connectivity index (χ3v) is 2.73. The molecule has 0 saturated carbocycles. The zero-order valence-corrected chi connectivity index (χ0v) is 11.6. The minimum absolute atomic E-state index is 0.187. The number of Topliss-reactive ketones (excluding diaryl/α,β-unsaturated/α-hetero) is 1. The molecule has 0 saturated heterocycles. The van der Waals surface area contributed by atoms with E-state index in [0.717, 1.165) is 5.56 Å². The van der Waals surface area contributed by atoms with Crippen LogP contribution in [0.3, 0.4) is 0 Å². The van der Waals surface area contributed by atoms with Crippen molar-refractivity contribution in [3.05, 3.63) is 29.3 Å². The first-order valence-corrected chi connectivity index (χ1v) is 6.35. The van der Waals surface area contributed by atoms with Crippen LogP contribution in [0.15, 0.2) is 18.2 Å². The third-order valence-electron chi connectivity index (χ3n) is 2.73. The zero-order valence-electron chi connectivity index (χ0n) is 11.6. The number of ketones is 1. The van der Waals surface area contributed by atoms with Gasteiger partial charge in [-0.25, -0.2) is 0 Å². The average Bonchev–Trinajstić information content (AvgIpc) is 2.44. The lowest BCUT2D eigenvalue weighted by molar-refractivity contribution is -0.145. The van der Waals surface area contributed by atoms with Gasteiger partial charge in [0.05, 0.1) is 25.3 Å². The summed E-state index contributed by atoms with van der Waals surface area (Å²) in [5.41, 5.74) is 1.29. The molecule has 0 aliphatic rings. The maximum absolute atomic E-state index is 11.6. The first-order valence-electron chi connectivity index (χ1n) is 6.35. The predicted molar refractivity (Wildman–Crippen MR) is 72.3 cm³/mol. The van der Waals surface area contributed by atoms with Crippen molar-refractivity contribution in [2.45, 2.75) is 26.2 Å². The Labute approximate surface area is 118 Å². The number of nitrogens with zero attached hydrogens (tertiary/aromatic N) is 1. The van der Waals surface area contributed by atoms with E-state index in [1.807, 2.05) is 6.07 Å². The quantitative estimate of drug-likeness (QED) is 0.562. The molecule has 106 valence electrons. The molecule has 0 heterocycles. The molecule has 1 rings (SSSR count). The molecule has 20 heavy (non-hydrogen) atoms. The van der Waals surface area contributed by atoms with Gasteiger partial charge in [0.2, 0.25) is 0 Å². The molecular formula is C15H17NO4. The molecule has 0 aliphatic carbocycles. The van der Waals surface area contributed by atoms with E-state index in [-0.39, 0.29) is 25.2 Å². The monoisotopic (exact) mass is 275 g/mol. The molecule has 0 unspecified atom stereocenters. The number of aryl methyl sites for hydroxylation is 1. The summed E-state index contributed by atoms with van der Waals surface area (Å²) < 4.78 is 9.90. The van der Waals surface area contributed by atoms with Crippen molar-refractivity contribution < 1.29 is 19.1 Å². The lowest BCUT2D eigenvalue weighted by atomic mass is 10.0. The number of carbonyl (C=O) groups is 2. The second-order valence-electron chi connectivity index (χ2n) is 4.16. The molecule has 0 aliphatic heterocycles. The predicted octanol–water partition coefficient (Wildman–Crippen LogP) is 2.02. The number of esters is 1. The summed E-state index contributed by atoms with van der Waals surface area (Å²) in [7, 11) is 1.53. The van der Waals surface area contributed by atoms with Gasteiger partial charge in [0.15, 0.2) is 0 Å². The van der Waals surface area contributed by atoms with Gasteiger partial charge in [-0.3, -0.25) is 9.59 Å². The summed E-state index contributed by atoms with van der Waals surface area (Å²) in [5, 5.41) is 8.86. The van der Waals surface area contributed by atoms with Gasteiger partial charge in [0, 0.05) is 6.42 Å². The van der Waals surface area contributed by atoms with E-state index in [2.05, 4.69) is 0 Å². The fraction of sp³-hybridized carbons (Fsp3) is 0.400. The van der Waals surface area contributed by atoms with Crippen LogP contribution in [0.4, 0.5) is 0 Å². The average molecular weight is 275 g/mol. The van der Waals surface area contributed by atoms with Crippen LogP contribution in [-0.2, 0) is 20.7 Å². The molecule has 0 radical (unpaired) electrons. The number of nitriles is 1. The molecule has 1 aromatic carbocycles. The number of hydrogen-bond donors (Lipinski definition) is 0. The highest BCUT2D eigenvalue weighted by molar-refractivity contribution is 5.95. The molecule has 0 N–H and O–H groups in total. The van der Waals surface area contributed by atoms with E-state index >= 15 is 0 Å². The Morgan fingerprint density at radius 3 is 2.70 bits per heavy atom. The van der Waals surface area contributed by atoms with E-state index in [1.54, 1.807) is 25.1 Å². The van der Waals surface area contributed by atoms with Crippen LogP contribution in [0, 0.1) is 11.3 Å². The Morgan fingerprint density at radius 2 is 2.10 bits per heavy atom. The van der Waals surface area contributed by atoms with Crippen molar-refractivity contribution in [3.8, 4) is 11.8 Å². The number of hydrogen-bond acceptors (Lipinski definition) is 5. The zero-order chi connectivity index (χ0) is 15.0. The Morgan fingerprint density at radius 1 is 1.35 bits per heavy atom. The van der Waals surface area contributed by atoms with Gasteiger partial charge in [-0.1, -0.05) is 0 Å². The fourth-order valence-electron chi connectivity index (χ4n) is 1.78. The summed E-state index contributed by atoms with van der Waals surface area (Å²) in [6.45, 7) is 1.96. The Hall–Kier alpha value is -2.35. The van der Waals surface area contributed by atoms with Crippen LogP contribution in [0.5, 0.6) is 5.75 Å². The first kappa shape index (κ1) is 15.7. The van der Waals surface area contributed by atoms with Crippen molar-refractivity contribution in [1.82, 2.24) is 0 Å². The summed E-state index contributed by atoms with van der Waals surface area (Å²) in [6.07, 6.45) is 0.426. The van der Waals surface area contributed by atoms with Crippen LogP contribution in [0.1, 0.15) is 30.9 Å². The van der Waals surface area contributed by atoms with Crippen LogP contribution in [0.2, 0.25) is 0 Å². The molecule has 5 nitrogen and oxygen atoms in total. The standard InChI is InChI=1S/C15H17NO4/c1-3-20-15(18)9-13(17)6-5-12-8-11(10-16)4-7-14(12)19-2/h4,7-8H,3,5-6,9H2,1-2H3. The second kappa shape index (κ2) is 7.95. The van der Waals surface area contributed by atoms with E-state index in [9.17, 15) is 9.59 Å². The van der Waals surface area contributed by atoms with E-state index in [1.165, 1.54) is 7.11 Å². The lowest BCUT2D eigenvalue weighted by Gasteiger charge is -2.08. The van der Waals surface area contributed by atoms with Crippen molar-refractivity contribution in [2.75, 3.05) is 13.7 Å². The van der Waals surface area contributed by atoms with Crippen molar-refractivity contribution in [3.63, 3.8) is 0 Å². The molecular weight excluding hydrogens is 258 g/mol. The number of ether oxygens (including phenoxy) is 2. The van der Waals surface area contributed by atoms with Gasteiger partial charge < -0.3 is 9.47 Å². The van der Waals surface area contributed by atoms with Gasteiger partial charge in [-0.15, -0.1) is 0 Å². The molecule has 0 spiro atoms. The third kappa shape index (κ3) is 4.73. The topological polar surface area (TPSA) is 76.4 Å². The van der Waals surface area contributed by atoms with Gasteiger partial charge >= 0.3 is 5.97 Å². The molecule has 0 fully saturated rings. The Bertz CT molecular complexity index is 531. The second-order valence-corrected chi connectivity index (χ2v) is 4.16. The molecule has 0 bridgehead atoms. The summed E-state index contributed by atoms with van der Waals surface area (Å²) in [4.78, 5) is 22.8. The number of rotatable bonds is 7. The van der Waals surface area contributed by atoms with Crippen molar-refractivity contribution in [2.24, 2.45) is 0 Å². The highest BCUT2D eigenvalue weighted by atomic mass is 16.5. The molecule has 0 atom stereocenters. The van der Waals surface area contributed by atoms with E-state index < -0.39 is 5.97 Å². The van der Waals surface area contributed by atoms with Crippen molar-refractivity contribution in [1.29, 1.82) is 5.26 Å². The maximum atomic E-state index is 11.6.